The van der Waals surface area contributed by atoms with E-state index < -0.39 is 0 Å². The van der Waals surface area contributed by atoms with E-state index in [1.54, 1.807) is 25.4 Å². The van der Waals surface area contributed by atoms with Crippen molar-refractivity contribution < 1.29 is 9.53 Å². The van der Waals surface area contributed by atoms with E-state index in [-0.39, 0.29) is 12.5 Å². The smallest absolute Gasteiger partial charge is 0.259 e. The number of carbonyl (C=O) groups is 1. The molecule has 0 bridgehead atoms. The summed E-state index contributed by atoms with van der Waals surface area (Å²) in [5.74, 6) is 1.38. The number of benzene rings is 1. The predicted molar refractivity (Wildman–Crippen MR) is 111 cm³/mol. The Balaban J connectivity index is 1.93. The molecular weight excluding hydrogens is 360 g/mol. The Morgan fingerprint density at radius 2 is 2.04 bits per heavy atom. The number of rotatable bonds is 8. The lowest BCUT2D eigenvalue weighted by atomic mass is 10.2. The Morgan fingerprint density at radius 3 is 2.70 bits per heavy atom. The molecule has 27 heavy (non-hydrogen) atoms. The van der Waals surface area contributed by atoms with Gasteiger partial charge in [0.05, 0.1) is 13.1 Å². The SMILES string of the molecule is CCNC(=NCc1cccc(OCC(=O)N(C)C)c1)NCc1ccc(C)s1. The number of nitrogens with zero attached hydrogens (tertiary/aromatic N) is 2. The third-order valence-corrected chi connectivity index (χ3v) is 4.75. The van der Waals surface area contributed by atoms with Crippen molar-refractivity contribution in [2.75, 3.05) is 27.2 Å². The summed E-state index contributed by atoms with van der Waals surface area (Å²) >= 11 is 1.78. The second-order valence-electron chi connectivity index (χ2n) is 6.29. The van der Waals surface area contributed by atoms with Crippen LogP contribution in [0.3, 0.4) is 0 Å². The molecule has 0 fully saturated rings. The summed E-state index contributed by atoms with van der Waals surface area (Å²) in [5.41, 5.74) is 1.02. The van der Waals surface area contributed by atoms with Gasteiger partial charge in [-0.25, -0.2) is 4.99 Å². The summed E-state index contributed by atoms with van der Waals surface area (Å²) in [7, 11) is 3.42. The maximum atomic E-state index is 11.6. The van der Waals surface area contributed by atoms with Crippen molar-refractivity contribution in [1.82, 2.24) is 15.5 Å². The summed E-state index contributed by atoms with van der Waals surface area (Å²) < 4.78 is 5.56. The van der Waals surface area contributed by atoms with Gasteiger partial charge in [-0.3, -0.25) is 4.79 Å². The molecule has 0 saturated carbocycles. The number of likely N-dealkylation sites (N-methyl/N-ethyl adjacent to an activating group) is 1. The number of amides is 1. The summed E-state index contributed by atoms with van der Waals surface area (Å²) in [6.45, 7) is 6.25. The van der Waals surface area contributed by atoms with Gasteiger partial charge in [0.2, 0.25) is 0 Å². The van der Waals surface area contributed by atoms with Gasteiger partial charge in [0.1, 0.15) is 5.75 Å². The molecule has 7 heteroatoms. The van der Waals surface area contributed by atoms with Crippen molar-refractivity contribution >= 4 is 23.2 Å². The number of ether oxygens (including phenoxy) is 1. The first-order valence-corrected chi connectivity index (χ1v) is 9.79. The fraction of sp³-hybridized carbons (Fsp3) is 0.400. The first-order chi connectivity index (χ1) is 13.0. The number of hydrogen-bond acceptors (Lipinski definition) is 4. The van der Waals surface area contributed by atoms with Crippen molar-refractivity contribution in [2.24, 2.45) is 4.99 Å². The molecular formula is C20H28N4O2S. The molecule has 0 aliphatic carbocycles. The summed E-state index contributed by atoms with van der Waals surface area (Å²) in [6.07, 6.45) is 0. The van der Waals surface area contributed by atoms with Crippen LogP contribution < -0.4 is 15.4 Å². The second-order valence-corrected chi connectivity index (χ2v) is 7.66. The maximum absolute atomic E-state index is 11.6. The molecule has 0 spiro atoms. The standard InChI is InChI=1S/C20H28N4O2S/c1-5-21-20(23-13-18-10-9-15(2)27-18)22-12-16-7-6-8-17(11-16)26-14-19(25)24(3)4/h6-11H,5,12-14H2,1-4H3,(H2,21,22,23). The second kappa shape index (κ2) is 10.6. The van der Waals surface area contributed by atoms with E-state index in [0.717, 1.165) is 24.6 Å². The van der Waals surface area contributed by atoms with Crippen molar-refractivity contribution in [3.63, 3.8) is 0 Å². The molecule has 146 valence electrons. The zero-order valence-electron chi connectivity index (χ0n) is 16.4. The molecule has 1 aromatic heterocycles. The molecule has 1 aromatic carbocycles. The quantitative estimate of drug-likeness (QED) is 0.539. The fourth-order valence-corrected chi connectivity index (χ4v) is 3.10. The highest BCUT2D eigenvalue weighted by Gasteiger charge is 2.05. The van der Waals surface area contributed by atoms with Gasteiger partial charge in [-0.1, -0.05) is 12.1 Å². The van der Waals surface area contributed by atoms with Crippen LogP contribution in [0.5, 0.6) is 5.75 Å². The van der Waals surface area contributed by atoms with Crippen molar-refractivity contribution in [2.45, 2.75) is 26.9 Å². The van der Waals surface area contributed by atoms with E-state index in [0.29, 0.717) is 12.3 Å². The fourth-order valence-electron chi connectivity index (χ4n) is 2.27. The van der Waals surface area contributed by atoms with Crippen LogP contribution >= 0.6 is 11.3 Å². The molecule has 6 nitrogen and oxygen atoms in total. The van der Waals surface area contributed by atoms with Crippen LogP contribution in [0.2, 0.25) is 0 Å². The molecule has 0 aliphatic rings. The van der Waals surface area contributed by atoms with E-state index in [1.807, 2.05) is 31.2 Å². The lowest BCUT2D eigenvalue weighted by molar-refractivity contribution is -0.130. The summed E-state index contributed by atoms with van der Waals surface area (Å²) in [4.78, 5) is 20.4. The largest absolute Gasteiger partial charge is 0.484 e. The highest BCUT2D eigenvalue weighted by molar-refractivity contribution is 7.11. The Morgan fingerprint density at radius 1 is 1.22 bits per heavy atom. The van der Waals surface area contributed by atoms with Gasteiger partial charge in [0.15, 0.2) is 12.6 Å². The zero-order chi connectivity index (χ0) is 19.6. The molecule has 2 aromatic rings. The average molecular weight is 389 g/mol. The van der Waals surface area contributed by atoms with Crippen LogP contribution in [-0.2, 0) is 17.9 Å². The molecule has 0 atom stereocenters. The van der Waals surface area contributed by atoms with E-state index in [1.165, 1.54) is 14.7 Å². The van der Waals surface area contributed by atoms with Gasteiger partial charge in [-0.15, -0.1) is 11.3 Å². The van der Waals surface area contributed by atoms with Gasteiger partial charge in [0, 0.05) is 30.4 Å². The van der Waals surface area contributed by atoms with E-state index >= 15 is 0 Å². The minimum atomic E-state index is -0.0686. The van der Waals surface area contributed by atoms with E-state index in [9.17, 15) is 4.79 Å². The zero-order valence-corrected chi connectivity index (χ0v) is 17.2. The van der Waals surface area contributed by atoms with Crippen LogP contribution in [0.15, 0.2) is 41.4 Å². The Hall–Kier alpha value is -2.54. The van der Waals surface area contributed by atoms with Crippen molar-refractivity contribution in [3.05, 3.63) is 51.7 Å². The van der Waals surface area contributed by atoms with E-state index in [4.69, 9.17) is 4.74 Å². The van der Waals surface area contributed by atoms with Crippen LogP contribution in [0.4, 0.5) is 0 Å². The van der Waals surface area contributed by atoms with Crippen LogP contribution in [-0.4, -0.2) is 44.0 Å². The van der Waals surface area contributed by atoms with Gasteiger partial charge < -0.3 is 20.3 Å². The maximum Gasteiger partial charge on any atom is 0.259 e. The number of nitrogens with one attached hydrogen (secondary N) is 2. The summed E-state index contributed by atoms with van der Waals surface area (Å²) in [6, 6.07) is 11.9. The van der Waals surface area contributed by atoms with Crippen molar-refractivity contribution in [1.29, 1.82) is 0 Å². The molecule has 1 heterocycles. The van der Waals surface area contributed by atoms with Crippen LogP contribution in [0.1, 0.15) is 22.2 Å². The highest BCUT2D eigenvalue weighted by Crippen LogP contribution is 2.15. The van der Waals surface area contributed by atoms with Gasteiger partial charge in [-0.05, 0) is 43.7 Å². The van der Waals surface area contributed by atoms with Gasteiger partial charge in [-0.2, -0.15) is 0 Å². The molecule has 0 saturated heterocycles. The minimum absolute atomic E-state index is 0.0319. The van der Waals surface area contributed by atoms with E-state index in [2.05, 4.69) is 34.7 Å². The van der Waals surface area contributed by atoms with Gasteiger partial charge in [0.25, 0.3) is 5.91 Å². The number of carbonyl (C=O) groups excluding carboxylic acids is 1. The lowest BCUT2D eigenvalue weighted by Gasteiger charge is -2.12. The molecule has 0 radical (unpaired) electrons. The molecule has 2 rings (SSSR count). The highest BCUT2D eigenvalue weighted by atomic mass is 32.1. The first-order valence-electron chi connectivity index (χ1n) is 8.97. The number of aliphatic imine (C=N–C) groups is 1. The molecule has 1 amide bonds. The Kier molecular flexibility index (Phi) is 8.13. The lowest BCUT2D eigenvalue weighted by Crippen LogP contribution is -2.36. The Labute approximate surface area is 165 Å². The molecule has 2 N–H and O–H groups in total. The Bertz CT molecular complexity index is 771. The third kappa shape index (κ3) is 7.30. The average Bonchev–Trinajstić information content (AvgIpc) is 3.07. The van der Waals surface area contributed by atoms with Gasteiger partial charge >= 0.3 is 0 Å². The normalized spacial score (nSPS) is 11.2. The monoisotopic (exact) mass is 388 g/mol. The number of aryl methyl sites for hydroxylation is 1. The number of hydrogen-bond donors (Lipinski definition) is 2. The summed E-state index contributed by atoms with van der Waals surface area (Å²) in [5, 5.41) is 6.61. The molecule has 0 aliphatic heterocycles. The predicted octanol–water partition coefficient (Wildman–Crippen LogP) is 2.78. The number of thiophene rings is 1. The molecule has 0 unspecified atom stereocenters. The van der Waals surface area contributed by atoms with Crippen LogP contribution in [0, 0.1) is 6.92 Å². The minimum Gasteiger partial charge on any atom is -0.484 e. The van der Waals surface area contributed by atoms with Crippen molar-refractivity contribution in [3.8, 4) is 5.75 Å². The first kappa shape index (κ1) is 20.8. The topological polar surface area (TPSA) is 66.0 Å². The number of guanidine groups is 1. The van der Waals surface area contributed by atoms with Crippen LogP contribution in [0.25, 0.3) is 0 Å². The third-order valence-electron chi connectivity index (χ3n) is 3.75.